The van der Waals surface area contributed by atoms with Crippen LogP contribution in [0.15, 0.2) is 82.8 Å². The smallest absolute Gasteiger partial charge is 0.254 e. The maximum atomic E-state index is 13.8. The van der Waals surface area contributed by atoms with Crippen LogP contribution in [0, 0.1) is 6.92 Å². The van der Waals surface area contributed by atoms with Gasteiger partial charge in [0.1, 0.15) is 24.7 Å². The van der Waals surface area contributed by atoms with Crippen molar-refractivity contribution in [2.75, 3.05) is 19.7 Å². The highest BCUT2D eigenvalue weighted by molar-refractivity contribution is 7.10. The van der Waals surface area contributed by atoms with Gasteiger partial charge in [0.2, 0.25) is 5.91 Å². The molecule has 2 amide bonds. The summed E-state index contributed by atoms with van der Waals surface area (Å²) in [5.41, 5.74) is 2.56. The zero-order valence-electron chi connectivity index (χ0n) is 20.4. The number of thiophene rings is 1. The molecule has 1 aliphatic rings. The molecular formula is C29H27ClN2O4S. The van der Waals surface area contributed by atoms with Crippen LogP contribution >= 0.6 is 22.9 Å². The molecule has 2 aromatic heterocycles. The number of halogens is 1. The maximum absolute atomic E-state index is 13.8. The second-order valence-corrected chi connectivity index (χ2v) is 10.4. The van der Waals surface area contributed by atoms with Crippen molar-refractivity contribution >= 4 is 34.8 Å². The fourth-order valence-electron chi connectivity index (χ4n) is 4.56. The Bertz CT molecular complexity index is 1370. The van der Waals surface area contributed by atoms with Gasteiger partial charge >= 0.3 is 0 Å². The minimum Gasteiger partial charge on any atom is -0.491 e. The van der Waals surface area contributed by atoms with E-state index in [2.05, 4.69) is 11.4 Å². The largest absolute Gasteiger partial charge is 0.491 e. The average Bonchev–Trinajstić information content (AvgIpc) is 3.61. The molecule has 1 aliphatic heterocycles. The molecule has 5 rings (SSSR count). The fourth-order valence-corrected chi connectivity index (χ4v) is 5.61. The Kier molecular flexibility index (Phi) is 7.63. The first kappa shape index (κ1) is 25.1. The normalized spacial score (nSPS) is 14.8. The van der Waals surface area contributed by atoms with Gasteiger partial charge in [-0.3, -0.25) is 9.59 Å². The number of benzene rings is 2. The molecule has 1 atom stereocenters. The SMILES string of the molecule is Cc1cc(OCC2c3ccsc3CCN2C(=O)CN(Cc2ccco2)C(=O)c2ccccc2)ccc1Cl. The van der Waals surface area contributed by atoms with Gasteiger partial charge in [-0.15, -0.1) is 11.3 Å². The average molecular weight is 535 g/mol. The van der Waals surface area contributed by atoms with Gasteiger partial charge in [0.05, 0.1) is 18.8 Å². The molecule has 6 nitrogen and oxygen atoms in total. The van der Waals surface area contributed by atoms with E-state index in [1.165, 1.54) is 4.88 Å². The lowest BCUT2D eigenvalue weighted by Gasteiger charge is -2.37. The molecular weight excluding hydrogens is 508 g/mol. The molecule has 1 unspecified atom stereocenters. The predicted molar refractivity (Wildman–Crippen MR) is 144 cm³/mol. The van der Waals surface area contributed by atoms with Gasteiger partial charge in [-0.2, -0.15) is 0 Å². The number of hydrogen-bond donors (Lipinski definition) is 0. The highest BCUT2D eigenvalue weighted by Crippen LogP contribution is 2.34. The number of rotatable bonds is 8. The van der Waals surface area contributed by atoms with E-state index < -0.39 is 0 Å². The lowest BCUT2D eigenvalue weighted by atomic mass is 10.00. The highest BCUT2D eigenvalue weighted by Gasteiger charge is 2.34. The molecule has 0 radical (unpaired) electrons. The first-order valence-corrected chi connectivity index (χ1v) is 13.4. The van der Waals surface area contributed by atoms with Crippen LogP contribution < -0.4 is 4.74 Å². The van der Waals surface area contributed by atoms with E-state index in [1.54, 1.807) is 46.8 Å². The first-order chi connectivity index (χ1) is 18.0. The van der Waals surface area contributed by atoms with E-state index in [0.29, 0.717) is 35.2 Å². The summed E-state index contributed by atoms with van der Waals surface area (Å²) in [5, 5.41) is 2.74. The number of carbonyl (C=O) groups is 2. The molecule has 37 heavy (non-hydrogen) atoms. The Morgan fingerprint density at radius 2 is 1.97 bits per heavy atom. The van der Waals surface area contributed by atoms with Crippen LogP contribution in [0.25, 0.3) is 0 Å². The van der Waals surface area contributed by atoms with Crippen molar-refractivity contribution in [3.8, 4) is 5.75 Å². The topological polar surface area (TPSA) is 63.0 Å². The molecule has 8 heteroatoms. The predicted octanol–water partition coefficient (Wildman–Crippen LogP) is 6.15. The molecule has 4 aromatic rings. The molecule has 0 saturated heterocycles. The summed E-state index contributed by atoms with van der Waals surface area (Å²) in [6.45, 7) is 2.94. The van der Waals surface area contributed by atoms with Crippen LogP contribution in [0.1, 0.15) is 38.2 Å². The third-order valence-electron chi connectivity index (χ3n) is 6.51. The summed E-state index contributed by atoms with van der Waals surface area (Å²) in [5.74, 6) is 0.973. The van der Waals surface area contributed by atoms with E-state index in [0.717, 1.165) is 17.5 Å². The van der Waals surface area contributed by atoms with Crippen molar-refractivity contribution in [3.63, 3.8) is 0 Å². The number of hydrogen-bond acceptors (Lipinski definition) is 5. The zero-order valence-corrected chi connectivity index (χ0v) is 22.0. The second-order valence-electron chi connectivity index (χ2n) is 8.98. The van der Waals surface area contributed by atoms with Gasteiger partial charge in [0.15, 0.2) is 0 Å². The molecule has 0 spiro atoms. The van der Waals surface area contributed by atoms with E-state index >= 15 is 0 Å². The molecule has 0 saturated carbocycles. The van der Waals surface area contributed by atoms with E-state index in [9.17, 15) is 9.59 Å². The van der Waals surface area contributed by atoms with Gasteiger partial charge in [-0.1, -0.05) is 29.8 Å². The number of fused-ring (bicyclic) bond motifs is 1. The van der Waals surface area contributed by atoms with Gasteiger partial charge in [-0.25, -0.2) is 0 Å². The minimum atomic E-state index is -0.254. The molecule has 3 heterocycles. The van der Waals surface area contributed by atoms with E-state index in [4.69, 9.17) is 20.8 Å². The van der Waals surface area contributed by atoms with Crippen LogP contribution in [-0.4, -0.2) is 41.3 Å². The van der Waals surface area contributed by atoms with Gasteiger partial charge in [0.25, 0.3) is 5.91 Å². The summed E-state index contributed by atoms with van der Waals surface area (Å²) >= 11 is 7.87. The third kappa shape index (κ3) is 5.73. The quantitative estimate of drug-likeness (QED) is 0.272. The molecule has 0 aliphatic carbocycles. The maximum Gasteiger partial charge on any atom is 0.254 e. The standard InChI is InChI=1S/C29H27ClN2O4S/c1-20-16-22(9-10-25(20)30)36-19-26-24-12-15-37-27(24)11-13-32(26)28(33)18-31(17-23-8-5-14-35-23)29(34)21-6-3-2-4-7-21/h2-10,12,14-16,26H,11,13,17-19H2,1H3. The van der Waals surface area contributed by atoms with Crippen molar-refractivity contribution in [1.82, 2.24) is 9.80 Å². The number of furan rings is 1. The van der Waals surface area contributed by atoms with Crippen molar-refractivity contribution < 1.29 is 18.7 Å². The van der Waals surface area contributed by atoms with Crippen LogP contribution in [-0.2, 0) is 17.8 Å². The van der Waals surface area contributed by atoms with E-state index in [-0.39, 0.29) is 30.9 Å². The fraction of sp³-hybridized carbons (Fsp3) is 0.241. The van der Waals surface area contributed by atoms with Gasteiger partial charge in [-0.05, 0) is 78.4 Å². The number of nitrogens with zero attached hydrogens (tertiary/aromatic N) is 2. The Labute approximate surface area is 225 Å². The lowest BCUT2D eigenvalue weighted by Crippen LogP contribution is -2.47. The Hall–Kier alpha value is -3.55. The van der Waals surface area contributed by atoms with Crippen LogP contribution in [0.4, 0.5) is 0 Å². The monoisotopic (exact) mass is 534 g/mol. The molecule has 0 N–H and O–H groups in total. The van der Waals surface area contributed by atoms with Crippen molar-refractivity contribution in [2.45, 2.75) is 25.9 Å². The van der Waals surface area contributed by atoms with Gasteiger partial charge in [0, 0.05) is 22.0 Å². The number of aryl methyl sites for hydroxylation is 1. The Balaban J connectivity index is 1.37. The number of ether oxygens (including phenoxy) is 1. The summed E-state index contributed by atoms with van der Waals surface area (Å²) in [4.78, 5) is 31.8. The summed E-state index contributed by atoms with van der Waals surface area (Å²) < 4.78 is 11.6. The van der Waals surface area contributed by atoms with Crippen molar-refractivity contribution in [1.29, 1.82) is 0 Å². The van der Waals surface area contributed by atoms with Crippen LogP contribution in [0.2, 0.25) is 5.02 Å². The Morgan fingerprint density at radius 3 is 2.73 bits per heavy atom. The molecule has 0 bridgehead atoms. The highest BCUT2D eigenvalue weighted by atomic mass is 35.5. The van der Waals surface area contributed by atoms with Crippen LogP contribution in [0.5, 0.6) is 5.75 Å². The zero-order chi connectivity index (χ0) is 25.8. The Morgan fingerprint density at radius 1 is 1.14 bits per heavy atom. The lowest BCUT2D eigenvalue weighted by molar-refractivity contribution is -0.135. The summed E-state index contributed by atoms with van der Waals surface area (Å²) in [6, 6.07) is 19.9. The molecule has 0 fully saturated rings. The van der Waals surface area contributed by atoms with Gasteiger partial charge < -0.3 is 19.0 Å². The van der Waals surface area contributed by atoms with Crippen molar-refractivity contribution in [3.05, 3.63) is 111 Å². The first-order valence-electron chi connectivity index (χ1n) is 12.1. The number of carbonyl (C=O) groups excluding carboxylic acids is 2. The molecule has 2 aromatic carbocycles. The minimum absolute atomic E-state index is 0.0650. The summed E-state index contributed by atoms with van der Waals surface area (Å²) in [6.07, 6.45) is 2.34. The second kappa shape index (κ2) is 11.2. The molecule has 190 valence electrons. The third-order valence-corrected chi connectivity index (χ3v) is 7.93. The van der Waals surface area contributed by atoms with E-state index in [1.807, 2.05) is 48.2 Å². The van der Waals surface area contributed by atoms with Crippen LogP contribution in [0.3, 0.4) is 0 Å². The summed E-state index contributed by atoms with van der Waals surface area (Å²) in [7, 11) is 0. The number of amides is 2. The van der Waals surface area contributed by atoms with Crippen molar-refractivity contribution in [2.24, 2.45) is 0 Å².